The minimum Gasteiger partial charge on any atom is -0.348 e. The van der Waals surface area contributed by atoms with Crippen LogP contribution in [0, 0.1) is 0 Å². The van der Waals surface area contributed by atoms with E-state index in [1.807, 2.05) is 18.2 Å². The smallest absolute Gasteiger partial charge is 0.287 e. The molecule has 6 heteroatoms. The number of aromatic nitrogens is 2. The highest BCUT2D eigenvalue weighted by molar-refractivity contribution is 6.02. The number of carbonyl (C=O) groups excluding carboxylic acids is 2. The van der Waals surface area contributed by atoms with Gasteiger partial charge in [-0.2, -0.15) is 0 Å². The van der Waals surface area contributed by atoms with Crippen LogP contribution in [0.15, 0.2) is 24.4 Å². The Hall–Kier alpha value is -2.37. The Balaban J connectivity index is 1.61. The molecule has 0 aromatic carbocycles. The lowest BCUT2D eigenvalue weighted by Gasteiger charge is -2.10. The largest absolute Gasteiger partial charge is 0.348 e. The maximum atomic E-state index is 12.7. The summed E-state index contributed by atoms with van der Waals surface area (Å²) in [5, 5.41) is 6.12. The fourth-order valence-corrected chi connectivity index (χ4v) is 4.01. The van der Waals surface area contributed by atoms with E-state index in [-0.39, 0.29) is 23.9 Å². The normalized spacial score (nSPS) is 18.7. The van der Waals surface area contributed by atoms with E-state index in [0.29, 0.717) is 17.0 Å². The summed E-state index contributed by atoms with van der Waals surface area (Å²) in [4.78, 5) is 29.8. The second-order valence-electron chi connectivity index (χ2n) is 7.15. The predicted molar refractivity (Wildman–Crippen MR) is 94.6 cm³/mol. The van der Waals surface area contributed by atoms with Gasteiger partial charge in [-0.15, -0.1) is 0 Å². The summed E-state index contributed by atoms with van der Waals surface area (Å²) in [6, 6.07) is 5.99. The first kappa shape index (κ1) is 16.1. The van der Waals surface area contributed by atoms with E-state index in [9.17, 15) is 9.59 Å². The summed E-state index contributed by atoms with van der Waals surface area (Å²) in [7, 11) is 0. The minimum atomic E-state index is -0.201. The Labute approximate surface area is 147 Å². The van der Waals surface area contributed by atoms with Crippen LogP contribution in [0.25, 0.3) is 5.52 Å². The molecule has 2 aromatic rings. The molecule has 2 amide bonds. The Morgan fingerprint density at radius 2 is 1.52 bits per heavy atom. The number of carbonyl (C=O) groups is 2. The number of rotatable bonds is 4. The number of nitrogens with one attached hydrogen (secondary N) is 2. The Morgan fingerprint density at radius 1 is 0.920 bits per heavy atom. The van der Waals surface area contributed by atoms with E-state index in [1.54, 1.807) is 10.6 Å². The Morgan fingerprint density at radius 3 is 2.16 bits per heavy atom. The molecule has 132 valence electrons. The van der Waals surface area contributed by atoms with E-state index in [4.69, 9.17) is 0 Å². The third-order valence-corrected chi connectivity index (χ3v) is 5.35. The first-order chi connectivity index (χ1) is 12.2. The van der Waals surface area contributed by atoms with Gasteiger partial charge in [0, 0.05) is 18.3 Å². The lowest BCUT2D eigenvalue weighted by molar-refractivity contribution is 0.0926. The molecule has 2 aliphatic rings. The van der Waals surface area contributed by atoms with Crippen LogP contribution in [0.5, 0.6) is 0 Å². The Bertz CT molecular complexity index is 722. The molecule has 0 bridgehead atoms. The van der Waals surface area contributed by atoms with Crippen molar-refractivity contribution in [3.05, 3.63) is 35.9 Å². The predicted octanol–water partition coefficient (Wildman–Crippen LogP) is 2.68. The number of imidazole rings is 1. The monoisotopic (exact) mass is 340 g/mol. The lowest BCUT2D eigenvalue weighted by atomic mass is 10.2. The van der Waals surface area contributed by atoms with Crippen molar-refractivity contribution < 1.29 is 9.59 Å². The average Bonchev–Trinajstić information content (AvgIpc) is 3.35. The molecule has 0 aliphatic heterocycles. The molecule has 0 spiro atoms. The Kier molecular flexibility index (Phi) is 4.42. The van der Waals surface area contributed by atoms with Gasteiger partial charge in [-0.3, -0.25) is 14.0 Å². The van der Waals surface area contributed by atoms with Crippen LogP contribution in [0.4, 0.5) is 0 Å². The molecule has 2 heterocycles. The average molecular weight is 340 g/mol. The number of nitrogens with zero attached hydrogens (tertiary/aromatic N) is 2. The van der Waals surface area contributed by atoms with Crippen molar-refractivity contribution in [3.8, 4) is 0 Å². The van der Waals surface area contributed by atoms with Crippen molar-refractivity contribution >= 4 is 17.3 Å². The summed E-state index contributed by atoms with van der Waals surface area (Å²) in [5.41, 5.74) is 1.01. The zero-order chi connectivity index (χ0) is 17.2. The van der Waals surface area contributed by atoms with Crippen molar-refractivity contribution in [2.24, 2.45) is 0 Å². The molecule has 2 aliphatic carbocycles. The summed E-state index contributed by atoms with van der Waals surface area (Å²) < 4.78 is 1.72. The van der Waals surface area contributed by atoms with Crippen molar-refractivity contribution in [2.45, 2.75) is 63.5 Å². The van der Waals surface area contributed by atoms with Gasteiger partial charge in [0.05, 0.1) is 5.52 Å². The number of hydrogen-bond donors (Lipinski definition) is 2. The second kappa shape index (κ2) is 6.86. The van der Waals surface area contributed by atoms with Crippen LogP contribution in [0.1, 0.15) is 72.5 Å². The van der Waals surface area contributed by atoms with Gasteiger partial charge in [0.1, 0.15) is 0 Å². The third-order valence-electron chi connectivity index (χ3n) is 5.35. The minimum absolute atomic E-state index is 0.185. The molecule has 2 aromatic heterocycles. The SMILES string of the molecule is O=C(NC1CCCC1)c1nc(C(=O)NC2CCCC2)n2ccccc12. The number of fused-ring (bicyclic) bond motifs is 1. The highest BCUT2D eigenvalue weighted by Gasteiger charge is 2.26. The van der Waals surface area contributed by atoms with Gasteiger partial charge in [-0.1, -0.05) is 31.7 Å². The van der Waals surface area contributed by atoms with Crippen LogP contribution in [0.2, 0.25) is 0 Å². The molecule has 6 nitrogen and oxygen atoms in total. The summed E-state index contributed by atoms with van der Waals surface area (Å²) >= 11 is 0. The molecule has 2 N–H and O–H groups in total. The van der Waals surface area contributed by atoms with Crippen LogP contribution < -0.4 is 10.6 Å². The zero-order valence-corrected chi connectivity index (χ0v) is 14.3. The molecule has 0 unspecified atom stereocenters. The van der Waals surface area contributed by atoms with Gasteiger partial charge >= 0.3 is 0 Å². The molecule has 2 fully saturated rings. The van der Waals surface area contributed by atoms with Crippen molar-refractivity contribution in [1.29, 1.82) is 0 Å². The second-order valence-corrected chi connectivity index (χ2v) is 7.15. The summed E-state index contributed by atoms with van der Waals surface area (Å²) in [6.45, 7) is 0. The van der Waals surface area contributed by atoms with Crippen molar-refractivity contribution in [1.82, 2.24) is 20.0 Å². The third kappa shape index (κ3) is 3.25. The molecule has 2 saturated carbocycles. The molecule has 4 rings (SSSR count). The van der Waals surface area contributed by atoms with E-state index in [1.165, 1.54) is 0 Å². The summed E-state index contributed by atoms with van der Waals surface area (Å²) in [5.74, 6) is -0.0948. The molecular formula is C19H24N4O2. The van der Waals surface area contributed by atoms with Gasteiger partial charge < -0.3 is 10.6 Å². The molecule has 0 saturated heterocycles. The maximum Gasteiger partial charge on any atom is 0.287 e. The molecule has 25 heavy (non-hydrogen) atoms. The van der Waals surface area contributed by atoms with E-state index >= 15 is 0 Å². The molecule has 0 atom stereocenters. The van der Waals surface area contributed by atoms with Gasteiger partial charge in [-0.25, -0.2) is 4.98 Å². The first-order valence-corrected chi connectivity index (χ1v) is 9.31. The highest BCUT2D eigenvalue weighted by atomic mass is 16.2. The fraction of sp³-hybridized carbons (Fsp3) is 0.526. The molecular weight excluding hydrogens is 316 g/mol. The van der Waals surface area contributed by atoms with Crippen molar-refractivity contribution in [2.75, 3.05) is 0 Å². The van der Waals surface area contributed by atoms with E-state index < -0.39 is 0 Å². The zero-order valence-electron chi connectivity index (χ0n) is 14.3. The van der Waals surface area contributed by atoms with Gasteiger partial charge in [0.2, 0.25) is 5.82 Å². The summed E-state index contributed by atoms with van der Waals surface area (Å²) in [6.07, 6.45) is 10.5. The lowest BCUT2D eigenvalue weighted by Crippen LogP contribution is -2.34. The standard InChI is InChI=1S/C19H24N4O2/c24-18(20-13-7-1-2-8-13)16-15-11-5-6-12-23(15)17(22-16)19(25)21-14-9-3-4-10-14/h5-6,11-14H,1-4,7-10H2,(H,20,24)(H,21,25). The van der Waals surface area contributed by atoms with Crippen LogP contribution in [-0.2, 0) is 0 Å². The van der Waals surface area contributed by atoms with E-state index in [2.05, 4.69) is 15.6 Å². The number of amides is 2. The van der Waals surface area contributed by atoms with Gasteiger partial charge in [0.15, 0.2) is 5.69 Å². The fourth-order valence-electron chi connectivity index (χ4n) is 4.01. The number of pyridine rings is 1. The highest BCUT2D eigenvalue weighted by Crippen LogP contribution is 2.21. The van der Waals surface area contributed by atoms with E-state index in [0.717, 1.165) is 51.4 Å². The van der Waals surface area contributed by atoms with Crippen LogP contribution in [-0.4, -0.2) is 33.3 Å². The topological polar surface area (TPSA) is 75.5 Å². The van der Waals surface area contributed by atoms with Crippen LogP contribution in [0.3, 0.4) is 0 Å². The first-order valence-electron chi connectivity index (χ1n) is 9.31. The van der Waals surface area contributed by atoms with Crippen molar-refractivity contribution in [3.63, 3.8) is 0 Å². The van der Waals surface area contributed by atoms with Gasteiger partial charge in [-0.05, 0) is 37.8 Å². The quantitative estimate of drug-likeness (QED) is 0.898. The van der Waals surface area contributed by atoms with Gasteiger partial charge in [0.25, 0.3) is 11.8 Å². The molecule has 0 radical (unpaired) electrons. The maximum absolute atomic E-state index is 12.7. The number of hydrogen-bond acceptors (Lipinski definition) is 3. The van der Waals surface area contributed by atoms with Crippen LogP contribution >= 0.6 is 0 Å².